The van der Waals surface area contributed by atoms with E-state index >= 15 is 0 Å². The Morgan fingerprint density at radius 3 is 2.71 bits per heavy atom. The zero-order valence-electron chi connectivity index (χ0n) is 12.4. The summed E-state index contributed by atoms with van der Waals surface area (Å²) in [6.45, 7) is 3.77. The number of phenolic OH excluding ortho intramolecular Hbond substituents is 1. The maximum Gasteiger partial charge on any atom is 0.175 e. The first-order valence-electron chi connectivity index (χ1n) is 7.26. The number of carbonyl (C=O) groups is 2. The number of aromatic hydroxyl groups is 1. The van der Waals surface area contributed by atoms with Crippen molar-refractivity contribution in [1.82, 2.24) is 0 Å². The fraction of sp³-hybridized carbons (Fsp3) is 0.222. The summed E-state index contributed by atoms with van der Waals surface area (Å²) in [6, 6.07) is 3.98. The van der Waals surface area contributed by atoms with Gasteiger partial charge in [0, 0.05) is 12.0 Å². The molecule has 3 nitrogen and oxygen atoms in total. The van der Waals surface area contributed by atoms with E-state index in [1.165, 1.54) is 18.2 Å². The average molecular weight is 456 g/mol. The molecule has 0 aliphatic heterocycles. The molecular weight excluding hydrogens is 443 g/mol. The van der Waals surface area contributed by atoms with Gasteiger partial charge in [0.05, 0.1) is 10.4 Å². The third kappa shape index (κ3) is 2.43. The summed E-state index contributed by atoms with van der Waals surface area (Å²) >= 11 is 6.67. The van der Waals surface area contributed by atoms with Crippen LogP contribution in [0.3, 0.4) is 0 Å². The average Bonchev–Trinajstić information content (AvgIpc) is 2.55. The Morgan fingerprint density at radius 1 is 1.38 bits per heavy atom. The SMILES string of the molecule is C=CC1=CC[C@H]2C(=O)C(Br)=CC(=O)[C@@]2(Br)[C@H]1c1ccc(O)c(F)c1. The van der Waals surface area contributed by atoms with Crippen molar-refractivity contribution in [1.29, 1.82) is 0 Å². The normalized spacial score (nSPS) is 29.6. The lowest BCUT2D eigenvalue weighted by Gasteiger charge is -2.45. The summed E-state index contributed by atoms with van der Waals surface area (Å²) in [5.74, 6) is -2.86. The van der Waals surface area contributed by atoms with Gasteiger partial charge in [-0.25, -0.2) is 4.39 Å². The van der Waals surface area contributed by atoms with Crippen LogP contribution in [0.25, 0.3) is 0 Å². The lowest BCUT2D eigenvalue weighted by molar-refractivity contribution is -0.127. The minimum Gasteiger partial charge on any atom is -0.505 e. The van der Waals surface area contributed by atoms with Crippen molar-refractivity contribution >= 4 is 43.4 Å². The number of fused-ring (bicyclic) bond motifs is 1. The third-order valence-electron chi connectivity index (χ3n) is 4.58. The van der Waals surface area contributed by atoms with Crippen LogP contribution in [0.15, 0.2) is 53.1 Å². The Balaban J connectivity index is 2.23. The molecule has 0 spiro atoms. The molecule has 0 amide bonds. The minimum absolute atomic E-state index is 0.171. The zero-order valence-corrected chi connectivity index (χ0v) is 15.6. The van der Waals surface area contributed by atoms with Crippen LogP contribution in [0.2, 0.25) is 0 Å². The molecule has 0 bridgehead atoms. The number of allylic oxidation sites excluding steroid dienone is 5. The van der Waals surface area contributed by atoms with Crippen molar-refractivity contribution in [3.05, 3.63) is 64.4 Å². The van der Waals surface area contributed by atoms with E-state index in [1.807, 2.05) is 6.08 Å². The summed E-state index contributed by atoms with van der Waals surface area (Å²) in [5.41, 5.74) is 1.23. The summed E-state index contributed by atoms with van der Waals surface area (Å²) in [6.07, 6.45) is 5.11. The fourth-order valence-electron chi connectivity index (χ4n) is 3.40. The van der Waals surface area contributed by atoms with Crippen LogP contribution < -0.4 is 0 Å². The van der Waals surface area contributed by atoms with Crippen molar-refractivity contribution in [2.75, 3.05) is 0 Å². The maximum absolute atomic E-state index is 13.9. The van der Waals surface area contributed by atoms with Gasteiger partial charge in [-0.1, -0.05) is 40.7 Å². The highest BCUT2D eigenvalue weighted by atomic mass is 79.9. The summed E-state index contributed by atoms with van der Waals surface area (Å²) in [7, 11) is 0. The molecule has 1 aromatic carbocycles. The highest BCUT2D eigenvalue weighted by Gasteiger charge is 2.56. The molecule has 3 atom stereocenters. The number of hydrogen-bond acceptors (Lipinski definition) is 3. The number of halogens is 3. The molecule has 0 heterocycles. The quantitative estimate of drug-likeness (QED) is 0.676. The number of rotatable bonds is 2. The molecule has 3 rings (SSSR count). The number of phenols is 1. The van der Waals surface area contributed by atoms with E-state index in [9.17, 15) is 19.1 Å². The van der Waals surface area contributed by atoms with Crippen LogP contribution in [0.4, 0.5) is 4.39 Å². The number of ketones is 2. The summed E-state index contributed by atoms with van der Waals surface area (Å²) < 4.78 is 12.9. The molecule has 0 saturated carbocycles. The van der Waals surface area contributed by atoms with E-state index in [2.05, 4.69) is 38.4 Å². The Hall–Kier alpha value is -1.53. The van der Waals surface area contributed by atoms with Gasteiger partial charge in [0.15, 0.2) is 23.1 Å². The van der Waals surface area contributed by atoms with Crippen molar-refractivity contribution in [3.63, 3.8) is 0 Å². The highest BCUT2D eigenvalue weighted by Crippen LogP contribution is 2.54. The number of carbonyl (C=O) groups excluding carboxylic acids is 2. The molecule has 0 unspecified atom stereocenters. The van der Waals surface area contributed by atoms with Crippen LogP contribution in [-0.4, -0.2) is 21.0 Å². The van der Waals surface area contributed by atoms with E-state index in [-0.39, 0.29) is 16.0 Å². The van der Waals surface area contributed by atoms with Gasteiger partial charge in [0.2, 0.25) is 0 Å². The molecule has 0 fully saturated rings. The molecule has 1 N–H and O–H groups in total. The van der Waals surface area contributed by atoms with Crippen molar-refractivity contribution < 1.29 is 19.1 Å². The molecule has 2 aliphatic carbocycles. The Morgan fingerprint density at radius 2 is 2.08 bits per heavy atom. The summed E-state index contributed by atoms with van der Waals surface area (Å²) in [5, 5.41) is 9.43. The molecule has 2 aliphatic rings. The standard InChI is InChI=1S/C18H13Br2FO3/c1-2-9-3-5-11-17(24)12(19)8-15(23)18(11,20)16(9)10-4-6-14(22)13(21)7-10/h2-4,6-8,11,16,22H,1,5H2/t11-,16+,18+/m0/s1. The molecule has 0 radical (unpaired) electrons. The predicted molar refractivity (Wildman–Crippen MR) is 95.9 cm³/mol. The second kappa shape index (κ2) is 6.08. The van der Waals surface area contributed by atoms with Gasteiger partial charge in [-0.05, 0) is 45.6 Å². The fourth-order valence-corrected chi connectivity index (χ4v) is 4.92. The Bertz CT molecular complexity index is 828. The lowest BCUT2D eigenvalue weighted by Crippen LogP contribution is -2.52. The van der Waals surface area contributed by atoms with Gasteiger partial charge in [-0.3, -0.25) is 9.59 Å². The number of alkyl halides is 1. The van der Waals surface area contributed by atoms with Crippen LogP contribution in [0, 0.1) is 11.7 Å². The predicted octanol–water partition coefficient (Wildman–Crippen LogP) is 4.31. The largest absolute Gasteiger partial charge is 0.505 e. The smallest absolute Gasteiger partial charge is 0.175 e. The molecule has 1 aromatic rings. The molecule has 0 aromatic heterocycles. The second-order valence-electron chi connectivity index (χ2n) is 5.83. The number of hydrogen-bond donors (Lipinski definition) is 1. The second-order valence-corrected chi connectivity index (χ2v) is 8.00. The van der Waals surface area contributed by atoms with Crippen LogP contribution in [-0.2, 0) is 9.59 Å². The van der Waals surface area contributed by atoms with Gasteiger partial charge < -0.3 is 5.11 Å². The number of Topliss-reactive ketones (excluding diaryl/α,β-unsaturated/α-hetero) is 1. The molecular formula is C18H13Br2FO3. The minimum atomic E-state index is -1.21. The van der Waals surface area contributed by atoms with Gasteiger partial charge in [0.25, 0.3) is 0 Å². The zero-order chi connectivity index (χ0) is 17.6. The van der Waals surface area contributed by atoms with Gasteiger partial charge >= 0.3 is 0 Å². The highest BCUT2D eigenvalue weighted by molar-refractivity contribution is 9.12. The van der Waals surface area contributed by atoms with E-state index in [4.69, 9.17) is 0 Å². The monoisotopic (exact) mass is 454 g/mol. The summed E-state index contributed by atoms with van der Waals surface area (Å²) in [4.78, 5) is 25.3. The Kier molecular flexibility index (Phi) is 4.38. The van der Waals surface area contributed by atoms with Crippen LogP contribution >= 0.6 is 31.9 Å². The topological polar surface area (TPSA) is 54.4 Å². The first-order chi connectivity index (χ1) is 11.3. The van der Waals surface area contributed by atoms with Gasteiger partial charge in [0.1, 0.15) is 4.32 Å². The van der Waals surface area contributed by atoms with Gasteiger partial charge in [-0.2, -0.15) is 0 Å². The van der Waals surface area contributed by atoms with E-state index in [0.29, 0.717) is 12.0 Å². The third-order valence-corrected chi connectivity index (χ3v) is 6.60. The van der Waals surface area contributed by atoms with Crippen molar-refractivity contribution in [2.24, 2.45) is 5.92 Å². The van der Waals surface area contributed by atoms with Crippen molar-refractivity contribution in [3.8, 4) is 5.75 Å². The molecule has 0 saturated heterocycles. The van der Waals surface area contributed by atoms with E-state index in [1.54, 1.807) is 12.1 Å². The number of benzene rings is 1. The lowest BCUT2D eigenvalue weighted by atomic mass is 9.64. The van der Waals surface area contributed by atoms with E-state index in [0.717, 1.165) is 5.57 Å². The molecule has 6 heteroatoms. The first kappa shape index (κ1) is 17.3. The Labute approximate surface area is 155 Å². The van der Waals surface area contributed by atoms with Crippen molar-refractivity contribution in [2.45, 2.75) is 16.7 Å². The van der Waals surface area contributed by atoms with Gasteiger partial charge in [-0.15, -0.1) is 0 Å². The molecule has 24 heavy (non-hydrogen) atoms. The maximum atomic E-state index is 13.9. The molecule has 124 valence electrons. The van der Waals surface area contributed by atoms with Crippen LogP contribution in [0.1, 0.15) is 17.9 Å². The van der Waals surface area contributed by atoms with Crippen LogP contribution in [0.5, 0.6) is 5.75 Å². The first-order valence-corrected chi connectivity index (χ1v) is 8.85. The van der Waals surface area contributed by atoms with E-state index < -0.39 is 27.7 Å².